The zero-order chi connectivity index (χ0) is 18.2. The van der Waals surface area contributed by atoms with Crippen LogP contribution in [-0.2, 0) is 13.7 Å². The van der Waals surface area contributed by atoms with Gasteiger partial charge < -0.3 is 24.3 Å². The van der Waals surface area contributed by atoms with Crippen LogP contribution >= 0.6 is 15.2 Å². The van der Waals surface area contributed by atoms with E-state index in [-0.39, 0.29) is 13.2 Å². The lowest BCUT2D eigenvalue weighted by molar-refractivity contribution is 0.0916. The van der Waals surface area contributed by atoms with Gasteiger partial charge in [0.2, 0.25) is 0 Å². The van der Waals surface area contributed by atoms with Gasteiger partial charge in [0, 0.05) is 18.7 Å². The average molecular weight is 362 g/mol. The van der Waals surface area contributed by atoms with E-state index < -0.39 is 20.6 Å². The lowest BCUT2D eigenvalue weighted by atomic mass is 9.72. The van der Waals surface area contributed by atoms with E-state index in [1.54, 1.807) is 13.8 Å². The Morgan fingerprint density at radius 2 is 1.41 bits per heavy atom. The van der Waals surface area contributed by atoms with Crippen molar-refractivity contribution >= 4 is 15.2 Å². The predicted octanol–water partition coefficient (Wildman–Crippen LogP) is 2.83. The van der Waals surface area contributed by atoms with Gasteiger partial charge in [-0.2, -0.15) is 0 Å². The van der Waals surface area contributed by atoms with Crippen LogP contribution in [0, 0.1) is 10.8 Å². The first kappa shape index (κ1) is 24.5. The summed E-state index contributed by atoms with van der Waals surface area (Å²) in [5, 5.41) is 8.74. The van der Waals surface area contributed by atoms with Gasteiger partial charge in [0.15, 0.2) is 0 Å². The molecule has 0 radical (unpaired) electrons. The number of hydrogen-bond acceptors (Lipinski definition) is 4. The summed E-state index contributed by atoms with van der Waals surface area (Å²) in [5.41, 5.74) is 0.272. The summed E-state index contributed by atoms with van der Waals surface area (Å²) in [7, 11) is -7.03. The van der Waals surface area contributed by atoms with Gasteiger partial charge in [-0.3, -0.25) is 9.13 Å². The van der Waals surface area contributed by atoms with E-state index in [0.717, 1.165) is 18.7 Å². The minimum Gasteiger partial charge on any atom is -0.396 e. The highest BCUT2D eigenvalue weighted by Gasteiger charge is 2.25. The van der Waals surface area contributed by atoms with Crippen molar-refractivity contribution in [3.63, 3.8) is 0 Å². The maximum absolute atomic E-state index is 10.6. The number of hydrogen-bond donors (Lipinski definition) is 4. The predicted molar refractivity (Wildman–Crippen MR) is 88.2 cm³/mol. The molecule has 1 saturated carbocycles. The van der Waals surface area contributed by atoms with Crippen LogP contribution in [0.25, 0.3) is 0 Å². The second kappa shape index (κ2) is 9.53. The molecule has 0 aromatic carbocycles. The number of aliphatic hydroxyl groups excluding tert-OH is 1. The summed E-state index contributed by atoms with van der Waals surface area (Å²) >= 11 is 0. The molecule has 1 atom stereocenters. The van der Waals surface area contributed by atoms with Crippen molar-refractivity contribution in [2.45, 2.75) is 47.0 Å². The van der Waals surface area contributed by atoms with E-state index in [1.807, 2.05) is 0 Å². The van der Waals surface area contributed by atoms with E-state index in [0.29, 0.717) is 0 Å². The van der Waals surface area contributed by atoms with Crippen molar-refractivity contribution in [2.24, 2.45) is 10.8 Å². The quantitative estimate of drug-likeness (QED) is 0.567. The second-order valence-electron chi connectivity index (χ2n) is 7.25. The SMILES string of the molecule is CC(C)(CO)COP(C)(=O)O.CC1(C)CCC1.CP(=O)(O)O. The third-order valence-corrected chi connectivity index (χ3v) is 3.44. The monoisotopic (exact) mass is 362 g/mol. The fraction of sp³-hybridized carbons (Fsp3) is 1.00. The largest absolute Gasteiger partial charge is 0.396 e. The summed E-state index contributed by atoms with van der Waals surface area (Å²) in [5.74, 6) is 0. The van der Waals surface area contributed by atoms with E-state index in [1.165, 1.54) is 19.3 Å². The molecule has 1 rings (SSSR count). The second-order valence-corrected chi connectivity index (χ2v) is 10.8. The van der Waals surface area contributed by atoms with Gasteiger partial charge in [0.1, 0.15) is 0 Å². The molecule has 7 nitrogen and oxygen atoms in total. The van der Waals surface area contributed by atoms with E-state index in [9.17, 15) is 9.13 Å². The summed E-state index contributed by atoms with van der Waals surface area (Å²) < 4.78 is 24.6. The molecule has 0 aliphatic heterocycles. The van der Waals surface area contributed by atoms with E-state index in [2.05, 4.69) is 18.4 Å². The highest BCUT2D eigenvalue weighted by atomic mass is 31.2. The maximum atomic E-state index is 10.6. The van der Waals surface area contributed by atoms with Crippen LogP contribution in [0.4, 0.5) is 0 Å². The zero-order valence-corrected chi connectivity index (χ0v) is 16.2. The Kier molecular flexibility index (Phi) is 10.6. The van der Waals surface area contributed by atoms with Crippen LogP contribution < -0.4 is 0 Å². The number of aliphatic hydroxyl groups is 1. The third-order valence-electron chi connectivity index (χ3n) is 2.83. The van der Waals surface area contributed by atoms with Crippen molar-refractivity contribution < 1.29 is 33.4 Å². The smallest absolute Gasteiger partial charge is 0.325 e. The average Bonchev–Trinajstić information content (AvgIpc) is 2.23. The van der Waals surface area contributed by atoms with Gasteiger partial charge in [-0.05, 0) is 18.3 Å². The zero-order valence-electron chi connectivity index (χ0n) is 14.4. The van der Waals surface area contributed by atoms with Crippen LogP contribution in [-0.4, -0.2) is 46.3 Å². The third kappa shape index (κ3) is 22.5. The van der Waals surface area contributed by atoms with E-state index >= 15 is 0 Å². The van der Waals surface area contributed by atoms with Crippen LogP contribution in [0.2, 0.25) is 0 Å². The standard InChI is InChI=1S/C6H15O4P.C6H12.CH5O3P/c1-6(2,4-7)5-10-11(3,8)9;1-6(2)4-3-5-6;1-5(2,3)4/h7H,4-5H2,1-3H3,(H,8,9);3-5H2,1-2H3;1H3,(H2,2,3,4). The Morgan fingerprint density at radius 3 is 1.55 bits per heavy atom. The fourth-order valence-corrected chi connectivity index (χ4v) is 1.81. The molecule has 1 aliphatic carbocycles. The van der Waals surface area contributed by atoms with Gasteiger partial charge >= 0.3 is 15.2 Å². The molecule has 0 saturated heterocycles. The molecular weight excluding hydrogens is 330 g/mol. The molecule has 22 heavy (non-hydrogen) atoms. The van der Waals surface area contributed by atoms with Gasteiger partial charge in [0.05, 0.1) is 13.2 Å². The minimum absolute atomic E-state index is 0.0625. The summed E-state index contributed by atoms with van der Waals surface area (Å²) in [6, 6.07) is 0. The molecule has 136 valence electrons. The summed E-state index contributed by atoms with van der Waals surface area (Å²) in [6.07, 6.45) is 4.37. The molecule has 1 fully saturated rings. The fourth-order valence-electron chi connectivity index (χ4n) is 1.22. The molecule has 1 unspecified atom stereocenters. The molecule has 9 heteroatoms. The molecule has 0 aromatic heterocycles. The van der Waals surface area contributed by atoms with Crippen LogP contribution in [0.3, 0.4) is 0 Å². The number of rotatable bonds is 4. The minimum atomic E-state index is -3.64. The van der Waals surface area contributed by atoms with Gasteiger partial charge in [-0.25, -0.2) is 0 Å². The van der Waals surface area contributed by atoms with Crippen molar-refractivity contribution in [3.8, 4) is 0 Å². The summed E-state index contributed by atoms with van der Waals surface area (Å²) in [6.45, 7) is 10.2. The maximum Gasteiger partial charge on any atom is 0.325 e. The van der Waals surface area contributed by atoms with Crippen LogP contribution in [0.1, 0.15) is 47.0 Å². The van der Waals surface area contributed by atoms with Gasteiger partial charge in [-0.15, -0.1) is 0 Å². The van der Waals surface area contributed by atoms with E-state index in [4.69, 9.17) is 19.8 Å². The molecule has 4 N–H and O–H groups in total. The van der Waals surface area contributed by atoms with Crippen molar-refractivity contribution in [2.75, 3.05) is 26.5 Å². The van der Waals surface area contributed by atoms with Gasteiger partial charge in [0.25, 0.3) is 0 Å². The molecule has 0 amide bonds. The topological polar surface area (TPSA) is 124 Å². The first-order valence-corrected chi connectivity index (χ1v) is 11.1. The molecule has 1 aliphatic rings. The Bertz CT molecular complexity index is 381. The Hall–Kier alpha value is 0.260. The molecular formula is C13H32O7P2. The molecule has 0 heterocycles. The molecule has 0 bridgehead atoms. The van der Waals surface area contributed by atoms with Crippen molar-refractivity contribution in [1.82, 2.24) is 0 Å². The highest BCUT2D eigenvalue weighted by molar-refractivity contribution is 7.51. The lowest BCUT2D eigenvalue weighted by Crippen LogP contribution is -2.22. The van der Waals surface area contributed by atoms with Gasteiger partial charge in [-0.1, -0.05) is 34.1 Å². The van der Waals surface area contributed by atoms with Crippen LogP contribution in [0.5, 0.6) is 0 Å². The first-order valence-electron chi connectivity index (χ1n) is 7.06. The Labute approximate surface area is 133 Å². The van der Waals surface area contributed by atoms with Crippen LogP contribution in [0.15, 0.2) is 0 Å². The molecule has 0 aromatic rings. The first-order chi connectivity index (χ1) is 9.47. The molecule has 0 spiro atoms. The summed E-state index contributed by atoms with van der Waals surface area (Å²) in [4.78, 5) is 24.0. The van der Waals surface area contributed by atoms with Crippen molar-refractivity contribution in [3.05, 3.63) is 0 Å². The van der Waals surface area contributed by atoms with Crippen molar-refractivity contribution in [1.29, 1.82) is 0 Å². The Morgan fingerprint density at radius 1 is 1.09 bits per heavy atom. The normalized spacial score (nSPS) is 19.5. The lowest BCUT2D eigenvalue weighted by Gasteiger charge is -2.33. The highest BCUT2D eigenvalue weighted by Crippen LogP contribution is 2.39. The Balaban J connectivity index is 0.